The minimum absolute atomic E-state index is 0.0320. The predicted octanol–water partition coefficient (Wildman–Crippen LogP) is 4.17. The predicted molar refractivity (Wildman–Crippen MR) is 103 cm³/mol. The van der Waals surface area contributed by atoms with Gasteiger partial charge in [0.25, 0.3) is 0 Å². The lowest BCUT2D eigenvalue weighted by Gasteiger charge is -2.29. The molecule has 1 aromatic heterocycles. The molecule has 148 valence electrons. The van der Waals surface area contributed by atoms with E-state index in [1.54, 1.807) is 55.4 Å². The quantitative estimate of drug-likeness (QED) is 0.599. The first-order valence-electron chi connectivity index (χ1n) is 8.48. The van der Waals surface area contributed by atoms with Crippen molar-refractivity contribution in [3.05, 3.63) is 36.7 Å². The number of nitrogens with zero attached hydrogens (tertiary/aromatic N) is 2. The lowest BCUT2D eigenvalue weighted by Crippen LogP contribution is -2.21. The molecule has 8 nitrogen and oxygen atoms in total. The van der Waals surface area contributed by atoms with Gasteiger partial charge >= 0.3 is 7.60 Å². The van der Waals surface area contributed by atoms with Crippen LogP contribution in [0.1, 0.15) is 13.8 Å². The molecule has 0 saturated heterocycles. The van der Waals surface area contributed by atoms with Gasteiger partial charge in [0.2, 0.25) is 5.75 Å². The van der Waals surface area contributed by atoms with E-state index in [2.05, 4.69) is 4.98 Å². The number of aromatic nitrogens is 1. The van der Waals surface area contributed by atoms with Crippen molar-refractivity contribution in [2.75, 3.05) is 38.6 Å². The zero-order valence-electron chi connectivity index (χ0n) is 15.9. The molecule has 0 amide bonds. The molecule has 1 N–H and O–H groups in total. The van der Waals surface area contributed by atoms with Gasteiger partial charge in [0, 0.05) is 35.9 Å². The van der Waals surface area contributed by atoms with E-state index in [9.17, 15) is 9.67 Å². The van der Waals surface area contributed by atoms with Crippen LogP contribution in [0.2, 0.25) is 0 Å². The Kier molecular flexibility index (Phi) is 7.47. The van der Waals surface area contributed by atoms with Crippen LogP contribution in [-0.2, 0) is 13.6 Å². The van der Waals surface area contributed by atoms with Crippen LogP contribution < -0.4 is 14.4 Å². The average molecular weight is 396 g/mol. The second kappa shape index (κ2) is 9.60. The van der Waals surface area contributed by atoms with Gasteiger partial charge in [-0.05, 0) is 26.0 Å². The third kappa shape index (κ3) is 5.13. The summed E-state index contributed by atoms with van der Waals surface area (Å²) < 4.78 is 34.5. The Morgan fingerprint density at radius 1 is 1.00 bits per heavy atom. The molecule has 2 aromatic rings. The van der Waals surface area contributed by atoms with Gasteiger partial charge in [0.1, 0.15) is 6.29 Å². The van der Waals surface area contributed by atoms with Gasteiger partial charge < -0.3 is 28.5 Å². The van der Waals surface area contributed by atoms with Crippen molar-refractivity contribution in [2.24, 2.45) is 0 Å². The Hall–Kier alpha value is -2.28. The number of hydrogen-bond acceptors (Lipinski definition) is 8. The monoisotopic (exact) mass is 396 g/mol. The van der Waals surface area contributed by atoms with E-state index in [1.165, 1.54) is 14.2 Å². The third-order valence-electron chi connectivity index (χ3n) is 3.72. The summed E-state index contributed by atoms with van der Waals surface area (Å²) in [4.78, 5) is 5.77. The Morgan fingerprint density at radius 2 is 1.52 bits per heavy atom. The number of methoxy groups -OCH3 is 2. The highest BCUT2D eigenvalue weighted by molar-refractivity contribution is 7.54. The second-order valence-corrected chi connectivity index (χ2v) is 7.44. The molecule has 0 aliphatic heterocycles. The highest BCUT2D eigenvalue weighted by Crippen LogP contribution is 2.51. The molecule has 0 unspecified atom stereocenters. The number of pyridine rings is 1. The fourth-order valence-corrected chi connectivity index (χ4v) is 4.25. The topological polar surface area (TPSA) is 90.4 Å². The first kappa shape index (κ1) is 21.0. The third-order valence-corrected chi connectivity index (χ3v) is 5.65. The normalized spacial score (nSPS) is 11.3. The van der Waals surface area contributed by atoms with E-state index in [-0.39, 0.29) is 36.7 Å². The van der Waals surface area contributed by atoms with E-state index in [0.29, 0.717) is 5.69 Å². The van der Waals surface area contributed by atoms with E-state index in [1.807, 2.05) is 0 Å². The summed E-state index contributed by atoms with van der Waals surface area (Å²) in [7, 11) is -0.514. The number of benzene rings is 1. The van der Waals surface area contributed by atoms with E-state index >= 15 is 0 Å². The molecule has 0 spiro atoms. The smallest absolute Gasteiger partial charge is 0.350 e. The summed E-state index contributed by atoms with van der Waals surface area (Å²) in [6.07, 6.45) is 3.22. The van der Waals surface area contributed by atoms with Gasteiger partial charge in [0.15, 0.2) is 11.5 Å². The van der Waals surface area contributed by atoms with Gasteiger partial charge in [-0.25, -0.2) is 0 Å². The summed E-state index contributed by atoms with van der Waals surface area (Å²) in [5, 5.41) is 10.2. The van der Waals surface area contributed by atoms with Crippen LogP contribution in [0.3, 0.4) is 0 Å². The maximum Gasteiger partial charge on any atom is 0.350 e. The first-order valence-corrected chi connectivity index (χ1v) is 10.2. The summed E-state index contributed by atoms with van der Waals surface area (Å²) >= 11 is 0. The van der Waals surface area contributed by atoms with Crippen molar-refractivity contribution in [3.63, 3.8) is 0 Å². The second-order valence-electron chi connectivity index (χ2n) is 5.42. The van der Waals surface area contributed by atoms with Crippen molar-refractivity contribution >= 4 is 19.0 Å². The van der Waals surface area contributed by atoms with Crippen molar-refractivity contribution in [3.8, 4) is 17.2 Å². The summed E-state index contributed by atoms with van der Waals surface area (Å²) in [6, 6.07) is 6.79. The Labute approximate surface area is 159 Å². The molecule has 1 heterocycles. The van der Waals surface area contributed by atoms with Crippen LogP contribution in [0, 0.1) is 0 Å². The Morgan fingerprint density at radius 3 is 1.96 bits per heavy atom. The molecule has 0 atom stereocenters. The van der Waals surface area contributed by atoms with Crippen molar-refractivity contribution in [1.82, 2.24) is 4.98 Å². The standard InChI is InChI=1S/C18H25N2O6P/c1-5-25-27(22,26-6-2)13-20(14-7-9-19-10-8-14)15-11-16(23-3)18(21)17(12-15)24-4/h7-12,21H,5-6,13H2,1-4H3. The Balaban J connectivity index is 2.56. The molecule has 1 aromatic carbocycles. The number of aromatic hydroxyl groups is 1. The molecular weight excluding hydrogens is 371 g/mol. The van der Waals surface area contributed by atoms with Crippen LogP contribution in [0.15, 0.2) is 36.7 Å². The van der Waals surface area contributed by atoms with E-state index < -0.39 is 7.60 Å². The Bertz CT molecular complexity index is 752. The van der Waals surface area contributed by atoms with Gasteiger partial charge in [-0.1, -0.05) is 0 Å². The van der Waals surface area contributed by atoms with Crippen LogP contribution in [-0.4, -0.2) is 43.8 Å². The number of ether oxygens (including phenoxy) is 2. The fourth-order valence-electron chi connectivity index (χ4n) is 2.56. The van der Waals surface area contributed by atoms with Gasteiger partial charge in [-0.2, -0.15) is 0 Å². The molecule has 0 bridgehead atoms. The lowest BCUT2D eigenvalue weighted by molar-refractivity contribution is 0.220. The van der Waals surface area contributed by atoms with Crippen LogP contribution in [0.25, 0.3) is 0 Å². The fraction of sp³-hybridized carbons (Fsp3) is 0.389. The summed E-state index contributed by atoms with van der Waals surface area (Å²) in [5.74, 6) is 0.341. The molecule has 2 rings (SSSR count). The van der Waals surface area contributed by atoms with Crippen LogP contribution >= 0.6 is 7.60 Å². The SMILES string of the molecule is CCOP(=O)(CN(c1ccncc1)c1cc(OC)c(O)c(OC)c1)OCC. The van der Waals surface area contributed by atoms with Gasteiger partial charge in [-0.3, -0.25) is 9.55 Å². The maximum atomic E-state index is 13.1. The molecule has 0 aliphatic rings. The van der Waals surface area contributed by atoms with Crippen LogP contribution in [0.5, 0.6) is 17.2 Å². The van der Waals surface area contributed by atoms with Crippen molar-refractivity contribution in [1.29, 1.82) is 0 Å². The number of rotatable bonds is 10. The maximum absolute atomic E-state index is 13.1. The molecule has 0 radical (unpaired) electrons. The highest BCUT2D eigenvalue weighted by Gasteiger charge is 2.29. The van der Waals surface area contributed by atoms with Crippen molar-refractivity contribution in [2.45, 2.75) is 13.8 Å². The number of phenols is 1. The molecule has 9 heteroatoms. The zero-order valence-corrected chi connectivity index (χ0v) is 16.8. The minimum Gasteiger partial charge on any atom is -0.502 e. The van der Waals surface area contributed by atoms with Gasteiger partial charge in [-0.15, -0.1) is 0 Å². The minimum atomic E-state index is -3.40. The summed E-state index contributed by atoms with van der Waals surface area (Å²) in [5.41, 5.74) is 1.31. The lowest BCUT2D eigenvalue weighted by atomic mass is 10.2. The molecule has 27 heavy (non-hydrogen) atoms. The van der Waals surface area contributed by atoms with E-state index in [0.717, 1.165) is 5.69 Å². The zero-order chi connectivity index (χ0) is 19.9. The number of hydrogen-bond donors (Lipinski definition) is 1. The molecular formula is C18H25N2O6P. The molecule has 0 saturated carbocycles. The van der Waals surface area contributed by atoms with Gasteiger partial charge in [0.05, 0.1) is 27.4 Å². The van der Waals surface area contributed by atoms with Crippen molar-refractivity contribution < 1.29 is 28.2 Å². The number of anilines is 2. The first-order chi connectivity index (χ1) is 13.0. The van der Waals surface area contributed by atoms with E-state index in [4.69, 9.17) is 18.5 Å². The average Bonchev–Trinajstić information content (AvgIpc) is 2.67. The number of phenolic OH excluding ortho intramolecular Hbond substituents is 1. The molecule has 0 fully saturated rings. The summed E-state index contributed by atoms with van der Waals surface area (Å²) in [6.45, 7) is 4.03. The van der Waals surface area contributed by atoms with Crippen LogP contribution in [0.4, 0.5) is 11.4 Å². The largest absolute Gasteiger partial charge is 0.502 e. The highest BCUT2D eigenvalue weighted by atomic mass is 31.2. The molecule has 0 aliphatic carbocycles.